The minimum atomic E-state index is -3.71. The van der Waals surface area contributed by atoms with Gasteiger partial charge in [-0.05, 0) is 12.1 Å². The van der Waals surface area contributed by atoms with Crippen molar-refractivity contribution in [1.82, 2.24) is 0 Å². The van der Waals surface area contributed by atoms with Gasteiger partial charge in [0.05, 0.1) is 7.11 Å². The van der Waals surface area contributed by atoms with E-state index in [2.05, 4.69) is 15.9 Å². The van der Waals surface area contributed by atoms with E-state index < -0.39 is 15.3 Å². The van der Waals surface area contributed by atoms with E-state index in [1.165, 1.54) is 12.0 Å². The van der Waals surface area contributed by atoms with Crippen LogP contribution in [-0.2, 0) is 14.8 Å². The van der Waals surface area contributed by atoms with Crippen LogP contribution < -0.4 is 14.8 Å². The second kappa shape index (κ2) is 5.10. The first kappa shape index (κ1) is 14.3. The lowest BCUT2D eigenvalue weighted by Gasteiger charge is -2.17. The number of nitrogens with zero attached hydrogens (tertiary/aromatic N) is 1. The molecule has 1 aromatic carbocycles. The number of amides is 1. The standard InChI is InChI=1S/C11H13BrN2O4S/c1-18-9-3-7(12)2-8(4-9)14-6-10(5-11(14)15)19(13,16)17/h2-4,10H,5-6H2,1H3,(H2,13,16,17). The van der Waals surface area contributed by atoms with Crippen molar-refractivity contribution in [3.8, 4) is 5.75 Å². The molecule has 1 aliphatic heterocycles. The van der Waals surface area contributed by atoms with Crippen LogP contribution in [0, 0.1) is 0 Å². The molecule has 19 heavy (non-hydrogen) atoms. The molecule has 1 aliphatic rings. The molecular weight excluding hydrogens is 336 g/mol. The number of hydrogen-bond donors (Lipinski definition) is 1. The second-order valence-corrected chi connectivity index (χ2v) is 7.03. The minimum absolute atomic E-state index is 0.0667. The molecule has 6 nitrogen and oxygen atoms in total. The Labute approximate surface area is 119 Å². The van der Waals surface area contributed by atoms with Crippen molar-refractivity contribution in [3.05, 3.63) is 22.7 Å². The van der Waals surface area contributed by atoms with Crippen LogP contribution >= 0.6 is 15.9 Å². The molecule has 8 heteroatoms. The van der Waals surface area contributed by atoms with Crippen molar-refractivity contribution < 1.29 is 17.9 Å². The zero-order valence-corrected chi connectivity index (χ0v) is 12.6. The number of halogens is 1. The monoisotopic (exact) mass is 348 g/mol. The van der Waals surface area contributed by atoms with Crippen molar-refractivity contribution in [1.29, 1.82) is 0 Å². The van der Waals surface area contributed by atoms with Crippen molar-refractivity contribution in [2.75, 3.05) is 18.6 Å². The molecule has 0 spiro atoms. The normalized spacial score (nSPS) is 19.8. The molecule has 1 heterocycles. The van der Waals surface area contributed by atoms with Gasteiger partial charge in [-0.2, -0.15) is 0 Å². The van der Waals surface area contributed by atoms with Crippen LogP contribution in [0.5, 0.6) is 5.75 Å². The molecule has 0 radical (unpaired) electrons. The van der Waals surface area contributed by atoms with E-state index in [1.807, 2.05) is 0 Å². The molecule has 1 saturated heterocycles. The molecule has 0 aromatic heterocycles. The number of primary sulfonamides is 1. The van der Waals surface area contributed by atoms with Crippen LogP contribution in [0.1, 0.15) is 6.42 Å². The molecule has 0 aliphatic carbocycles. The summed E-state index contributed by atoms with van der Waals surface area (Å²) in [5.41, 5.74) is 0.586. The number of hydrogen-bond acceptors (Lipinski definition) is 4. The van der Waals surface area contributed by atoms with Gasteiger partial charge in [-0.25, -0.2) is 13.6 Å². The first-order valence-electron chi connectivity index (χ1n) is 5.48. The summed E-state index contributed by atoms with van der Waals surface area (Å²) in [7, 11) is -2.19. The number of nitrogens with two attached hydrogens (primary N) is 1. The molecule has 2 N–H and O–H groups in total. The number of ether oxygens (including phenoxy) is 1. The number of methoxy groups -OCH3 is 1. The van der Waals surface area contributed by atoms with E-state index in [-0.39, 0.29) is 18.9 Å². The minimum Gasteiger partial charge on any atom is -0.497 e. The number of carbonyl (C=O) groups is 1. The van der Waals surface area contributed by atoms with E-state index in [4.69, 9.17) is 9.88 Å². The topological polar surface area (TPSA) is 89.7 Å². The van der Waals surface area contributed by atoms with Gasteiger partial charge in [-0.3, -0.25) is 4.79 Å². The van der Waals surface area contributed by atoms with Gasteiger partial charge in [-0.1, -0.05) is 15.9 Å². The Morgan fingerprint density at radius 2 is 2.11 bits per heavy atom. The lowest BCUT2D eigenvalue weighted by Crippen LogP contribution is -2.32. The summed E-state index contributed by atoms with van der Waals surface area (Å²) in [6.45, 7) is 0.0667. The van der Waals surface area contributed by atoms with Crippen LogP contribution in [0.2, 0.25) is 0 Å². The summed E-state index contributed by atoms with van der Waals surface area (Å²) >= 11 is 3.31. The van der Waals surface area contributed by atoms with Crippen molar-refractivity contribution in [2.45, 2.75) is 11.7 Å². The van der Waals surface area contributed by atoms with Gasteiger partial charge >= 0.3 is 0 Å². The SMILES string of the molecule is COc1cc(Br)cc(N2CC(S(N)(=O)=O)CC2=O)c1. The number of anilines is 1. The summed E-state index contributed by atoms with van der Waals surface area (Å²) in [4.78, 5) is 13.3. The van der Waals surface area contributed by atoms with E-state index >= 15 is 0 Å². The quantitative estimate of drug-likeness (QED) is 0.876. The van der Waals surface area contributed by atoms with E-state index in [0.29, 0.717) is 11.4 Å². The van der Waals surface area contributed by atoms with E-state index in [9.17, 15) is 13.2 Å². The molecule has 0 bridgehead atoms. The highest BCUT2D eigenvalue weighted by atomic mass is 79.9. The van der Waals surface area contributed by atoms with Gasteiger partial charge in [0.25, 0.3) is 0 Å². The third kappa shape index (κ3) is 3.07. The summed E-state index contributed by atoms with van der Waals surface area (Å²) < 4.78 is 28.5. The second-order valence-electron chi connectivity index (χ2n) is 4.27. The maximum atomic E-state index is 11.9. The number of benzene rings is 1. The third-order valence-corrected chi connectivity index (χ3v) is 4.66. The number of sulfonamides is 1. The first-order chi connectivity index (χ1) is 8.81. The summed E-state index contributed by atoms with van der Waals surface area (Å²) in [5, 5.41) is 4.23. The fourth-order valence-electron chi connectivity index (χ4n) is 1.97. The van der Waals surface area contributed by atoms with E-state index in [1.54, 1.807) is 18.2 Å². The lowest BCUT2D eigenvalue weighted by atomic mass is 10.3. The van der Waals surface area contributed by atoms with Crippen molar-refractivity contribution >= 4 is 37.5 Å². The van der Waals surface area contributed by atoms with E-state index in [0.717, 1.165) is 4.47 Å². The molecule has 1 aromatic rings. The fraction of sp³-hybridized carbons (Fsp3) is 0.364. The Balaban J connectivity index is 2.33. The molecule has 1 fully saturated rings. The molecule has 104 valence electrons. The molecule has 0 saturated carbocycles. The molecule has 2 rings (SSSR count). The average Bonchev–Trinajstić information content (AvgIpc) is 2.70. The zero-order valence-electron chi connectivity index (χ0n) is 10.2. The average molecular weight is 349 g/mol. The number of rotatable bonds is 3. The summed E-state index contributed by atoms with van der Waals surface area (Å²) in [6, 6.07) is 5.15. The molecular formula is C11H13BrN2O4S. The first-order valence-corrected chi connectivity index (χ1v) is 7.88. The van der Waals surface area contributed by atoms with Gasteiger partial charge in [0, 0.05) is 29.2 Å². The maximum absolute atomic E-state index is 11.9. The van der Waals surface area contributed by atoms with Crippen LogP contribution in [0.3, 0.4) is 0 Å². The molecule has 1 atom stereocenters. The highest BCUT2D eigenvalue weighted by Gasteiger charge is 2.37. The Bertz CT molecular complexity index is 617. The Kier molecular flexibility index (Phi) is 3.84. The largest absolute Gasteiger partial charge is 0.497 e. The van der Waals surface area contributed by atoms with Crippen molar-refractivity contribution in [3.63, 3.8) is 0 Å². The van der Waals surface area contributed by atoms with Crippen LogP contribution in [0.25, 0.3) is 0 Å². The lowest BCUT2D eigenvalue weighted by molar-refractivity contribution is -0.117. The maximum Gasteiger partial charge on any atom is 0.228 e. The molecule has 1 amide bonds. The van der Waals surface area contributed by atoms with Gasteiger partial charge in [-0.15, -0.1) is 0 Å². The zero-order chi connectivity index (χ0) is 14.2. The summed E-state index contributed by atoms with van der Waals surface area (Å²) in [5.74, 6) is 0.315. The van der Waals surface area contributed by atoms with Crippen molar-refractivity contribution in [2.24, 2.45) is 5.14 Å². The molecule has 1 unspecified atom stereocenters. The fourth-order valence-corrected chi connectivity index (χ4v) is 3.16. The number of carbonyl (C=O) groups excluding carboxylic acids is 1. The Morgan fingerprint density at radius 1 is 1.42 bits per heavy atom. The predicted octanol–water partition coefficient (Wildman–Crippen LogP) is 0.851. The van der Waals surface area contributed by atoms with Crippen LogP contribution in [0.4, 0.5) is 5.69 Å². The third-order valence-electron chi connectivity index (χ3n) is 2.96. The van der Waals surface area contributed by atoms with Gasteiger partial charge in [0.1, 0.15) is 11.0 Å². The van der Waals surface area contributed by atoms with Crippen LogP contribution in [-0.4, -0.2) is 33.2 Å². The summed E-state index contributed by atoms with van der Waals surface area (Å²) in [6.07, 6.45) is -0.0896. The highest BCUT2D eigenvalue weighted by Crippen LogP contribution is 2.30. The highest BCUT2D eigenvalue weighted by molar-refractivity contribution is 9.10. The predicted molar refractivity (Wildman–Crippen MR) is 74.6 cm³/mol. The van der Waals surface area contributed by atoms with Gasteiger partial charge in [0.2, 0.25) is 15.9 Å². The Hall–Kier alpha value is -1.12. The van der Waals surface area contributed by atoms with Gasteiger partial charge in [0.15, 0.2) is 0 Å². The Morgan fingerprint density at radius 3 is 2.63 bits per heavy atom. The van der Waals surface area contributed by atoms with Gasteiger partial charge < -0.3 is 9.64 Å². The smallest absolute Gasteiger partial charge is 0.228 e. The van der Waals surface area contributed by atoms with Crippen LogP contribution in [0.15, 0.2) is 22.7 Å².